The van der Waals surface area contributed by atoms with E-state index in [2.05, 4.69) is 38.1 Å². The molecule has 2 N–H and O–H groups in total. The van der Waals surface area contributed by atoms with Crippen molar-refractivity contribution in [2.75, 3.05) is 5.75 Å². The van der Waals surface area contributed by atoms with Crippen LogP contribution in [0.2, 0.25) is 10.0 Å². The Balaban J connectivity index is 1.97. The van der Waals surface area contributed by atoms with Crippen LogP contribution in [0.1, 0.15) is 36.9 Å². The summed E-state index contributed by atoms with van der Waals surface area (Å²) in [5.74, 6) is 1.35. The van der Waals surface area contributed by atoms with E-state index in [1.807, 2.05) is 18.2 Å². The lowest BCUT2D eigenvalue weighted by atomic mass is 10.00. The van der Waals surface area contributed by atoms with Gasteiger partial charge >= 0.3 is 0 Å². The van der Waals surface area contributed by atoms with Crippen LogP contribution in [0.25, 0.3) is 0 Å². The van der Waals surface area contributed by atoms with Crippen LogP contribution in [0.15, 0.2) is 47.4 Å². The second kappa shape index (κ2) is 7.55. The van der Waals surface area contributed by atoms with Crippen LogP contribution in [0.3, 0.4) is 0 Å². The normalized spacial score (nSPS) is 12.7. The van der Waals surface area contributed by atoms with Crippen molar-refractivity contribution in [3.63, 3.8) is 0 Å². The Bertz CT molecular complexity index is 596. The first-order valence-electron chi connectivity index (χ1n) is 6.90. The van der Waals surface area contributed by atoms with Gasteiger partial charge in [-0.1, -0.05) is 61.3 Å². The van der Waals surface area contributed by atoms with Gasteiger partial charge in [0, 0.05) is 16.7 Å². The minimum Gasteiger partial charge on any atom is -0.323 e. The number of rotatable bonds is 5. The largest absolute Gasteiger partial charge is 0.323 e. The van der Waals surface area contributed by atoms with E-state index in [4.69, 9.17) is 28.9 Å². The predicted octanol–water partition coefficient (Wildman–Crippen LogP) is 5.91. The van der Waals surface area contributed by atoms with Crippen molar-refractivity contribution in [3.05, 3.63) is 63.6 Å². The fraction of sp³-hybridized carbons (Fsp3) is 0.294. The number of hydrogen-bond acceptors (Lipinski definition) is 2. The molecule has 112 valence electrons. The van der Waals surface area contributed by atoms with E-state index in [1.165, 1.54) is 5.56 Å². The Morgan fingerprint density at radius 3 is 2.14 bits per heavy atom. The summed E-state index contributed by atoms with van der Waals surface area (Å²) in [6.45, 7) is 4.38. The van der Waals surface area contributed by atoms with Gasteiger partial charge in [-0.05, 0) is 35.2 Å². The van der Waals surface area contributed by atoms with Crippen molar-refractivity contribution in [2.24, 2.45) is 5.73 Å². The zero-order valence-corrected chi connectivity index (χ0v) is 14.5. The van der Waals surface area contributed by atoms with E-state index in [0.717, 1.165) is 16.2 Å². The third-order valence-electron chi connectivity index (χ3n) is 3.35. The highest BCUT2D eigenvalue weighted by Gasteiger charge is 2.08. The van der Waals surface area contributed by atoms with E-state index in [-0.39, 0.29) is 6.04 Å². The van der Waals surface area contributed by atoms with E-state index in [9.17, 15) is 0 Å². The van der Waals surface area contributed by atoms with Gasteiger partial charge in [0.05, 0.1) is 10.0 Å². The molecular weight excluding hydrogens is 321 g/mol. The summed E-state index contributed by atoms with van der Waals surface area (Å²) in [5, 5.41) is 1.16. The Kier molecular flexibility index (Phi) is 6.00. The van der Waals surface area contributed by atoms with Crippen molar-refractivity contribution in [1.29, 1.82) is 0 Å². The van der Waals surface area contributed by atoms with Gasteiger partial charge in [0.1, 0.15) is 0 Å². The van der Waals surface area contributed by atoms with Crippen LogP contribution >= 0.6 is 35.0 Å². The second-order valence-electron chi connectivity index (χ2n) is 5.31. The molecule has 0 aliphatic rings. The average Bonchev–Trinajstić information content (AvgIpc) is 2.48. The van der Waals surface area contributed by atoms with E-state index in [0.29, 0.717) is 16.0 Å². The van der Waals surface area contributed by atoms with Crippen molar-refractivity contribution in [2.45, 2.75) is 30.7 Å². The van der Waals surface area contributed by atoms with Gasteiger partial charge in [-0.3, -0.25) is 0 Å². The van der Waals surface area contributed by atoms with Gasteiger partial charge in [-0.15, -0.1) is 11.8 Å². The van der Waals surface area contributed by atoms with Crippen LogP contribution in [-0.2, 0) is 0 Å². The molecule has 1 unspecified atom stereocenters. The second-order valence-corrected chi connectivity index (χ2v) is 7.22. The fourth-order valence-electron chi connectivity index (χ4n) is 1.98. The fourth-order valence-corrected chi connectivity index (χ4v) is 3.27. The molecule has 2 aromatic carbocycles. The van der Waals surface area contributed by atoms with E-state index < -0.39 is 0 Å². The maximum Gasteiger partial charge on any atom is 0.0603 e. The quantitative estimate of drug-likeness (QED) is 0.685. The third kappa shape index (κ3) is 4.65. The summed E-state index contributed by atoms with van der Waals surface area (Å²) in [6, 6.07) is 14.2. The molecule has 21 heavy (non-hydrogen) atoms. The van der Waals surface area contributed by atoms with Gasteiger partial charge < -0.3 is 5.73 Å². The summed E-state index contributed by atoms with van der Waals surface area (Å²) in [6.07, 6.45) is 0. The van der Waals surface area contributed by atoms with E-state index >= 15 is 0 Å². The van der Waals surface area contributed by atoms with Crippen LogP contribution in [0.4, 0.5) is 0 Å². The van der Waals surface area contributed by atoms with Crippen LogP contribution in [0.5, 0.6) is 0 Å². The molecule has 0 bridgehead atoms. The molecule has 0 amide bonds. The van der Waals surface area contributed by atoms with Gasteiger partial charge in [-0.25, -0.2) is 0 Å². The number of benzene rings is 2. The first-order valence-corrected chi connectivity index (χ1v) is 8.65. The Labute approximate surface area is 140 Å². The van der Waals surface area contributed by atoms with Crippen molar-refractivity contribution < 1.29 is 0 Å². The maximum absolute atomic E-state index is 6.26. The summed E-state index contributed by atoms with van der Waals surface area (Å²) in [4.78, 5) is 1.08. The lowest BCUT2D eigenvalue weighted by molar-refractivity contribution is 0.822. The highest BCUT2D eigenvalue weighted by atomic mass is 35.5. The predicted molar refractivity (Wildman–Crippen MR) is 94.6 cm³/mol. The standard InChI is InChI=1S/C17H19Cl2NS/c1-11(2)12-3-5-13(6-4-12)17(20)10-21-14-7-8-15(18)16(19)9-14/h3-9,11,17H,10,20H2,1-2H3. The first kappa shape index (κ1) is 16.7. The van der Waals surface area contributed by atoms with Crippen LogP contribution in [-0.4, -0.2) is 5.75 Å². The summed E-state index contributed by atoms with van der Waals surface area (Å²) in [5.41, 5.74) is 8.75. The summed E-state index contributed by atoms with van der Waals surface area (Å²) < 4.78 is 0. The molecule has 0 heterocycles. The molecule has 0 spiro atoms. The lowest BCUT2D eigenvalue weighted by Crippen LogP contribution is -2.12. The zero-order chi connectivity index (χ0) is 15.4. The molecule has 0 saturated carbocycles. The SMILES string of the molecule is CC(C)c1ccc(C(N)CSc2ccc(Cl)c(Cl)c2)cc1. The maximum atomic E-state index is 6.26. The molecule has 2 rings (SSSR count). The van der Waals surface area contributed by atoms with Crippen LogP contribution < -0.4 is 5.73 Å². The summed E-state index contributed by atoms with van der Waals surface area (Å²) in [7, 11) is 0. The van der Waals surface area contributed by atoms with Gasteiger partial charge in [-0.2, -0.15) is 0 Å². The van der Waals surface area contributed by atoms with Crippen LogP contribution in [0, 0.1) is 0 Å². The first-order chi connectivity index (χ1) is 9.97. The third-order valence-corrected chi connectivity index (χ3v) is 5.20. The molecule has 0 aliphatic heterocycles. The van der Waals surface area contributed by atoms with Gasteiger partial charge in [0.2, 0.25) is 0 Å². The van der Waals surface area contributed by atoms with Gasteiger partial charge in [0.25, 0.3) is 0 Å². The molecule has 0 radical (unpaired) electrons. The van der Waals surface area contributed by atoms with Crippen molar-refractivity contribution in [1.82, 2.24) is 0 Å². The Morgan fingerprint density at radius 1 is 0.952 bits per heavy atom. The average molecular weight is 340 g/mol. The molecule has 4 heteroatoms. The highest BCUT2D eigenvalue weighted by Crippen LogP contribution is 2.30. The molecule has 1 atom stereocenters. The molecule has 1 nitrogen and oxygen atoms in total. The Hall–Kier alpha value is -0.670. The number of halogens is 2. The molecule has 0 aromatic heterocycles. The number of hydrogen-bond donors (Lipinski definition) is 1. The molecule has 0 fully saturated rings. The minimum absolute atomic E-state index is 0.00525. The number of thioether (sulfide) groups is 1. The number of nitrogens with two attached hydrogens (primary N) is 1. The van der Waals surface area contributed by atoms with E-state index in [1.54, 1.807) is 11.8 Å². The zero-order valence-electron chi connectivity index (χ0n) is 12.1. The topological polar surface area (TPSA) is 26.0 Å². The molecule has 0 aliphatic carbocycles. The van der Waals surface area contributed by atoms with Crippen molar-refractivity contribution in [3.8, 4) is 0 Å². The minimum atomic E-state index is 0.00525. The smallest absolute Gasteiger partial charge is 0.0603 e. The molecular formula is C17H19Cl2NS. The monoisotopic (exact) mass is 339 g/mol. The summed E-state index contributed by atoms with van der Waals surface area (Å²) >= 11 is 13.6. The Morgan fingerprint density at radius 2 is 1.57 bits per heavy atom. The lowest BCUT2D eigenvalue weighted by Gasteiger charge is -2.13. The molecule has 0 saturated heterocycles. The van der Waals surface area contributed by atoms with Gasteiger partial charge in [0.15, 0.2) is 0 Å². The van der Waals surface area contributed by atoms with Crippen molar-refractivity contribution >= 4 is 35.0 Å². The molecule has 2 aromatic rings. The highest BCUT2D eigenvalue weighted by molar-refractivity contribution is 7.99.